The maximum Gasteiger partial charge on any atom is 0.290 e. The summed E-state index contributed by atoms with van der Waals surface area (Å²) >= 11 is 17.8. The number of nitrogens with one attached hydrogen (secondary N) is 2. The Balaban J connectivity index is 1.50. The number of aromatic nitrogens is 2. The lowest BCUT2D eigenvalue weighted by Crippen LogP contribution is -2.49. The maximum absolute atomic E-state index is 15.1. The lowest BCUT2D eigenvalue weighted by Gasteiger charge is -2.21. The molecule has 0 radical (unpaired) electrons. The van der Waals surface area contributed by atoms with Crippen molar-refractivity contribution < 1.29 is 32.0 Å². The van der Waals surface area contributed by atoms with Crippen molar-refractivity contribution in [1.29, 1.82) is 0 Å². The zero-order valence-electron chi connectivity index (χ0n) is 19.0. The first-order valence-corrected chi connectivity index (χ1v) is 11.9. The van der Waals surface area contributed by atoms with Gasteiger partial charge in [0.05, 0.1) is 16.8 Å². The Labute approximate surface area is 223 Å². The van der Waals surface area contributed by atoms with Crippen LogP contribution < -0.4 is 15.4 Å². The van der Waals surface area contributed by atoms with Gasteiger partial charge in [0.1, 0.15) is 23.7 Å². The maximum atomic E-state index is 15.1. The summed E-state index contributed by atoms with van der Waals surface area (Å²) in [7, 11) is 0. The van der Waals surface area contributed by atoms with Crippen molar-refractivity contribution in [2.45, 2.75) is 37.8 Å². The molecule has 0 unspecified atom stereocenters. The first-order valence-electron chi connectivity index (χ1n) is 10.8. The molecule has 2 heterocycles. The molecule has 1 saturated carbocycles. The molecule has 14 heteroatoms. The second kappa shape index (κ2) is 10.8. The van der Waals surface area contributed by atoms with Crippen LogP contribution in [0.5, 0.6) is 5.75 Å². The second-order valence-corrected chi connectivity index (χ2v) is 9.53. The van der Waals surface area contributed by atoms with Crippen molar-refractivity contribution in [3.05, 3.63) is 62.9 Å². The van der Waals surface area contributed by atoms with E-state index in [0.717, 1.165) is 6.07 Å². The van der Waals surface area contributed by atoms with Crippen LogP contribution in [-0.4, -0.2) is 40.5 Å². The Hall–Kier alpha value is -3.02. The number of pyridine rings is 1. The van der Waals surface area contributed by atoms with Crippen molar-refractivity contribution in [2.24, 2.45) is 0 Å². The number of carbonyl (C=O) groups excluding carboxylic acids is 2. The van der Waals surface area contributed by atoms with Gasteiger partial charge in [0.25, 0.3) is 12.3 Å². The topological polar surface area (TPSA) is 106 Å². The Morgan fingerprint density at radius 1 is 1.19 bits per heavy atom. The number of ether oxygens (including phenoxy) is 1. The standard InChI is InChI=1S/C23H18Cl3F3N4O4/c1-10(31-22(35)23(2-3-23)32-21(34)16-7-17(26)33-37-16)19-15(27)4-11(8-30-19)13-5-12(24)6-14(25)20(13)36-9-18(28)29/h4-8,10,18H,2-3,9H2,1H3,(H,31,35)(H,32,34)/t10-/m1/s1. The van der Waals surface area contributed by atoms with Gasteiger partial charge < -0.3 is 19.9 Å². The largest absolute Gasteiger partial charge is 0.485 e. The summed E-state index contributed by atoms with van der Waals surface area (Å²) < 4.78 is 50.4. The van der Waals surface area contributed by atoms with E-state index in [4.69, 9.17) is 44.1 Å². The van der Waals surface area contributed by atoms with Crippen LogP contribution in [0.1, 0.15) is 42.1 Å². The number of rotatable bonds is 9. The number of nitrogens with zero attached hydrogens (tertiary/aromatic N) is 2. The second-order valence-electron chi connectivity index (χ2n) is 8.30. The van der Waals surface area contributed by atoms with Gasteiger partial charge in [-0.15, -0.1) is 0 Å². The van der Waals surface area contributed by atoms with Gasteiger partial charge in [-0.2, -0.15) is 0 Å². The fraction of sp³-hybridized carbons (Fsp3) is 0.304. The highest BCUT2D eigenvalue weighted by Gasteiger charge is 2.52. The highest BCUT2D eigenvalue weighted by molar-refractivity contribution is 6.36. The number of alkyl halides is 2. The third kappa shape index (κ3) is 6.11. The molecule has 0 saturated heterocycles. The molecule has 1 fully saturated rings. The van der Waals surface area contributed by atoms with Crippen LogP contribution in [-0.2, 0) is 4.79 Å². The summed E-state index contributed by atoms with van der Waals surface area (Å²) in [6, 6.07) is 4.13. The van der Waals surface area contributed by atoms with Crippen LogP contribution in [0.15, 0.2) is 35.0 Å². The molecule has 2 amide bonds. The van der Waals surface area contributed by atoms with Crippen molar-refractivity contribution in [3.8, 4) is 16.9 Å². The van der Waals surface area contributed by atoms with Crippen LogP contribution in [0.2, 0.25) is 15.2 Å². The zero-order valence-corrected chi connectivity index (χ0v) is 21.2. The lowest BCUT2D eigenvalue weighted by molar-refractivity contribution is -0.124. The van der Waals surface area contributed by atoms with Crippen LogP contribution in [0.4, 0.5) is 13.2 Å². The van der Waals surface area contributed by atoms with Crippen molar-refractivity contribution in [2.75, 3.05) is 6.61 Å². The van der Waals surface area contributed by atoms with Gasteiger partial charge in [-0.25, -0.2) is 13.2 Å². The van der Waals surface area contributed by atoms with Gasteiger partial charge in [0.15, 0.2) is 5.15 Å². The molecule has 196 valence electrons. The molecule has 1 aliphatic rings. The third-order valence-corrected chi connectivity index (χ3v) is 6.22. The Kier molecular flexibility index (Phi) is 7.86. The van der Waals surface area contributed by atoms with Gasteiger partial charge in [0, 0.05) is 28.4 Å². The molecule has 1 aliphatic carbocycles. The summed E-state index contributed by atoms with van der Waals surface area (Å²) in [5.41, 5.74) is -0.940. The fourth-order valence-corrected chi connectivity index (χ4v) is 4.24. The quantitative estimate of drug-likeness (QED) is 0.342. The SMILES string of the molecule is C[C@@H](NC(=O)C1(NC(=O)c2cc(Cl)no2)CC1)c1ncc(-c2cc(Cl)cc(Cl)c2OCC(F)F)cc1F. The van der Waals surface area contributed by atoms with Crippen molar-refractivity contribution in [3.63, 3.8) is 0 Å². The normalized spacial score (nSPS) is 14.8. The van der Waals surface area contributed by atoms with Crippen LogP contribution >= 0.6 is 34.8 Å². The average Bonchev–Trinajstić information content (AvgIpc) is 3.48. The minimum Gasteiger partial charge on any atom is -0.485 e. The summed E-state index contributed by atoms with van der Waals surface area (Å²) in [6.45, 7) is 0.595. The molecule has 0 bridgehead atoms. The highest BCUT2D eigenvalue weighted by Crippen LogP contribution is 2.40. The first-order chi connectivity index (χ1) is 17.5. The Bertz CT molecular complexity index is 1350. The minimum absolute atomic E-state index is 0.00850. The molecule has 3 aromatic rings. The van der Waals surface area contributed by atoms with E-state index in [1.807, 2.05) is 0 Å². The molecule has 0 spiro atoms. The summed E-state index contributed by atoms with van der Waals surface area (Å²) in [6.07, 6.45) is -0.745. The number of amides is 2. The third-order valence-electron chi connectivity index (χ3n) is 5.54. The Morgan fingerprint density at radius 3 is 2.51 bits per heavy atom. The number of benzene rings is 1. The van der Waals surface area contributed by atoms with E-state index in [2.05, 4.69) is 20.8 Å². The molecule has 37 heavy (non-hydrogen) atoms. The van der Waals surface area contributed by atoms with Crippen LogP contribution in [0, 0.1) is 5.82 Å². The molecule has 1 atom stereocenters. The molecule has 0 aliphatic heterocycles. The minimum atomic E-state index is -2.76. The van der Waals surface area contributed by atoms with E-state index >= 15 is 4.39 Å². The van der Waals surface area contributed by atoms with E-state index in [1.165, 1.54) is 31.3 Å². The molecule has 1 aromatic carbocycles. The van der Waals surface area contributed by atoms with Crippen molar-refractivity contribution >= 4 is 46.6 Å². The van der Waals surface area contributed by atoms with Crippen LogP contribution in [0.3, 0.4) is 0 Å². The van der Waals surface area contributed by atoms with Gasteiger partial charge in [-0.3, -0.25) is 14.6 Å². The Morgan fingerprint density at radius 2 is 1.92 bits per heavy atom. The van der Waals surface area contributed by atoms with E-state index in [9.17, 15) is 18.4 Å². The van der Waals surface area contributed by atoms with Crippen LogP contribution in [0.25, 0.3) is 11.1 Å². The van der Waals surface area contributed by atoms with Crippen molar-refractivity contribution in [1.82, 2.24) is 20.8 Å². The summed E-state index contributed by atoms with van der Waals surface area (Å²) in [5, 5.41) is 8.79. The number of halogens is 6. The molecular weight excluding hydrogens is 560 g/mol. The summed E-state index contributed by atoms with van der Waals surface area (Å²) in [5.74, 6) is -2.24. The van der Waals surface area contributed by atoms with Gasteiger partial charge in [-0.1, -0.05) is 40.0 Å². The molecule has 2 aromatic heterocycles. The number of carbonyl (C=O) groups is 2. The number of hydrogen-bond acceptors (Lipinski definition) is 6. The van der Waals surface area contributed by atoms with E-state index in [1.54, 1.807) is 0 Å². The average molecular weight is 578 g/mol. The van der Waals surface area contributed by atoms with Gasteiger partial charge in [-0.05, 0) is 38.0 Å². The van der Waals surface area contributed by atoms with Gasteiger partial charge in [0.2, 0.25) is 11.7 Å². The van der Waals surface area contributed by atoms with E-state index < -0.39 is 42.2 Å². The van der Waals surface area contributed by atoms with E-state index in [0.29, 0.717) is 12.8 Å². The first kappa shape index (κ1) is 27.0. The summed E-state index contributed by atoms with van der Waals surface area (Å²) in [4.78, 5) is 29.3. The highest BCUT2D eigenvalue weighted by atomic mass is 35.5. The number of hydrogen-bond donors (Lipinski definition) is 2. The van der Waals surface area contributed by atoms with Gasteiger partial charge >= 0.3 is 0 Å². The van der Waals surface area contributed by atoms with E-state index in [-0.39, 0.29) is 43.5 Å². The zero-order chi connectivity index (χ0) is 26.9. The predicted molar refractivity (Wildman–Crippen MR) is 129 cm³/mol. The lowest BCUT2D eigenvalue weighted by atomic mass is 10.0. The molecular formula is C23H18Cl3F3N4O4. The monoisotopic (exact) mass is 576 g/mol. The fourth-order valence-electron chi connectivity index (χ4n) is 3.56. The predicted octanol–water partition coefficient (Wildman–Crippen LogP) is 5.62. The smallest absolute Gasteiger partial charge is 0.290 e. The molecule has 8 nitrogen and oxygen atoms in total. The molecule has 2 N–H and O–H groups in total. The molecule has 4 rings (SSSR count).